The molecule has 1 aromatic heterocycles. The molecule has 1 saturated heterocycles. The molecule has 5 rings (SSSR count). The molecule has 1 fully saturated rings. The minimum absolute atomic E-state index is 0.225. The highest BCUT2D eigenvalue weighted by Gasteiger charge is 2.23. The number of rotatable bonds is 6. The van der Waals surface area contributed by atoms with Crippen molar-refractivity contribution in [1.29, 1.82) is 0 Å². The highest BCUT2D eigenvalue weighted by Crippen LogP contribution is 2.30. The van der Waals surface area contributed by atoms with Gasteiger partial charge in [-0.05, 0) is 50.1 Å². The Bertz CT molecular complexity index is 1090. The Balaban J connectivity index is 1.36. The van der Waals surface area contributed by atoms with Crippen molar-refractivity contribution >= 4 is 11.4 Å². The Morgan fingerprint density at radius 3 is 2.58 bits per heavy atom. The molecule has 0 saturated carbocycles. The van der Waals surface area contributed by atoms with Crippen LogP contribution in [0, 0.1) is 0 Å². The van der Waals surface area contributed by atoms with Crippen molar-refractivity contribution < 1.29 is 0 Å². The maximum absolute atomic E-state index is 3.75. The summed E-state index contributed by atoms with van der Waals surface area (Å²) < 4.78 is 0. The van der Waals surface area contributed by atoms with Crippen molar-refractivity contribution in [1.82, 2.24) is 20.5 Å². The lowest BCUT2D eigenvalue weighted by Crippen LogP contribution is -2.53. The third-order valence-electron chi connectivity index (χ3n) is 6.69. The fourth-order valence-electron chi connectivity index (χ4n) is 5.23. The van der Waals surface area contributed by atoms with Crippen LogP contribution >= 0.6 is 0 Å². The van der Waals surface area contributed by atoms with Gasteiger partial charge in [-0.3, -0.25) is 4.90 Å². The summed E-state index contributed by atoms with van der Waals surface area (Å²) in [5, 5.41) is 7.38. The predicted molar refractivity (Wildman–Crippen MR) is 137 cm³/mol. The van der Waals surface area contributed by atoms with Crippen molar-refractivity contribution in [3.63, 3.8) is 0 Å². The summed E-state index contributed by atoms with van der Waals surface area (Å²) in [6.45, 7) is 10.8. The zero-order valence-corrected chi connectivity index (χ0v) is 19.9. The van der Waals surface area contributed by atoms with Gasteiger partial charge in [-0.2, -0.15) is 0 Å². The van der Waals surface area contributed by atoms with E-state index < -0.39 is 0 Å². The van der Waals surface area contributed by atoms with Gasteiger partial charge in [-0.15, -0.1) is 0 Å². The van der Waals surface area contributed by atoms with E-state index in [0.29, 0.717) is 12.1 Å². The number of H-pyrrole nitrogens is 1. The smallest absolute Gasteiger partial charge is 0.0634 e. The van der Waals surface area contributed by atoms with Gasteiger partial charge in [-0.1, -0.05) is 42.5 Å². The zero-order chi connectivity index (χ0) is 22.8. The van der Waals surface area contributed by atoms with Crippen molar-refractivity contribution in [2.24, 2.45) is 0 Å². The summed E-state index contributed by atoms with van der Waals surface area (Å²) in [4.78, 5) is 8.37. The number of anilines is 1. The number of nitrogens with zero attached hydrogens (tertiary/aromatic N) is 2. The van der Waals surface area contributed by atoms with Crippen molar-refractivity contribution in [3.8, 4) is 0 Å². The van der Waals surface area contributed by atoms with Crippen LogP contribution in [0.4, 0.5) is 5.69 Å². The number of aromatic nitrogens is 1. The van der Waals surface area contributed by atoms with E-state index in [1.165, 1.54) is 28.1 Å². The van der Waals surface area contributed by atoms with Crippen LogP contribution in [0.25, 0.3) is 5.70 Å². The zero-order valence-electron chi connectivity index (χ0n) is 19.9. The minimum Gasteiger partial charge on any atom is -0.377 e. The quantitative estimate of drug-likeness (QED) is 0.511. The first kappa shape index (κ1) is 21.8. The number of benzene rings is 2. The number of hydrogen-bond donors (Lipinski definition) is 3. The van der Waals surface area contributed by atoms with Crippen LogP contribution in [0.15, 0.2) is 73.1 Å². The molecule has 3 aromatic rings. The first-order chi connectivity index (χ1) is 16.0. The van der Waals surface area contributed by atoms with E-state index in [2.05, 4.69) is 113 Å². The molecule has 172 valence electrons. The average Bonchev–Trinajstić information content (AvgIpc) is 3.28. The summed E-state index contributed by atoms with van der Waals surface area (Å²) >= 11 is 0. The van der Waals surface area contributed by atoms with Crippen molar-refractivity contribution in [2.45, 2.75) is 52.0 Å². The molecule has 0 aliphatic carbocycles. The molecule has 3 N–H and O–H groups in total. The van der Waals surface area contributed by atoms with Gasteiger partial charge >= 0.3 is 0 Å². The van der Waals surface area contributed by atoms with Crippen LogP contribution in [-0.2, 0) is 13.1 Å². The summed E-state index contributed by atoms with van der Waals surface area (Å²) in [6, 6.07) is 23.1. The maximum atomic E-state index is 3.75. The normalized spacial score (nSPS) is 21.9. The average molecular weight is 442 g/mol. The number of fused-ring (bicyclic) bond motifs is 1. The Morgan fingerprint density at radius 1 is 1.00 bits per heavy atom. The third-order valence-corrected chi connectivity index (χ3v) is 6.69. The summed E-state index contributed by atoms with van der Waals surface area (Å²) in [6.07, 6.45) is 4.31. The number of piperazine rings is 1. The number of hydrogen-bond acceptors (Lipinski definition) is 4. The lowest BCUT2D eigenvalue weighted by Gasteiger charge is -2.36. The maximum Gasteiger partial charge on any atom is 0.0634 e. The molecule has 2 aliphatic heterocycles. The molecular formula is C28H35N5. The van der Waals surface area contributed by atoms with E-state index >= 15 is 0 Å². The lowest BCUT2D eigenvalue weighted by molar-refractivity contribution is 0.166. The second-order valence-electron chi connectivity index (χ2n) is 9.65. The lowest BCUT2D eigenvalue weighted by atomic mass is 10.0. The number of nitrogens with one attached hydrogen (secondary N) is 3. The molecule has 2 aliphatic rings. The SMILES string of the molecule is CC1CN(Cc2cccc(N3C=C(N[C@H](C)c4ccccc4)c4cc[nH]c4C3)c2)CC(C)N1. The molecule has 3 heterocycles. The molecule has 2 aromatic carbocycles. The van der Waals surface area contributed by atoms with Crippen LogP contribution in [0.1, 0.15) is 49.2 Å². The van der Waals surface area contributed by atoms with E-state index in [4.69, 9.17) is 0 Å². The molecule has 2 unspecified atom stereocenters. The fourth-order valence-corrected chi connectivity index (χ4v) is 5.23. The van der Waals surface area contributed by atoms with Crippen LogP contribution < -0.4 is 15.5 Å². The molecule has 5 nitrogen and oxygen atoms in total. The van der Waals surface area contributed by atoms with Gasteiger partial charge in [0.1, 0.15) is 0 Å². The van der Waals surface area contributed by atoms with Gasteiger partial charge in [-0.25, -0.2) is 0 Å². The van der Waals surface area contributed by atoms with E-state index in [1.807, 2.05) is 6.20 Å². The van der Waals surface area contributed by atoms with Crippen molar-refractivity contribution in [3.05, 3.63) is 95.4 Å². The summed E-state index contributed by atoms with van der Waals surface area (Å²) in [5.41, 5.74) is 7.55. The van der Waals surface area contributed by atoms with Gasteiger partial charge in [0, 0.05) is 67.1 Å². The Labute approximate surface area is 197 Å². The van der Waals surface area contributed by atoms with Gasteiger partial charge in [0.05, 0.1) is 12.2 Å². The largest absolute Gasteiger partial charge is 0.377 e. The first-order valence-corrected chi connectivity index (χ1v) is 12.1. The Kier molecular flexibility index (Phi) is 6.25. The first-order valence-electron chi connectivity index (χ1n) is 12.1. The summed E-state index contributed by atoms with van der Waals surface area (Å²) in [5.74, 6) is 0. The Morgan fingerprint density at radius 2 is 1.79 bits per heavy atom. The topological polar surface area (TPSA) is 46.3 Å². The predicted octanol–water partition coefficient (Wildman–Crippen LogP) is 4.87. The molecule has 0 bridgehead atoms. The number of aromatic amines is 1. The van der Waals surface area contributed by atoms with Crippen LogP contribution in [0.5, 0.6) is 0 Å². The monoisotopic (exact) mass is 441 g/mol. The minimum atomic E-state index is 0.225. The molecule has 0 radical (unpaired) electrons. The second-order valence-corrected chi connectivity index (χ2v) is 9.65. The highest BCUT2D eigenvalue weighted by atomic mass is 15.2. The molecule has 5 heteroatoms. The Hall–Kier alpha value is -3.02. The second kappa shape index (κ2) is 9.46. The molecule has 0 amide bonds. The fraction of sp³-hybridized carbons (Fsp3) is 0.357. The van der Waals surface area contributed by atoms with Crippen molar-refractivity contribution in [2.75, 3.05) is 18.0 Å². The third kappa shape index (κ3) is 5.00. The van der Waals surface area contributed by atoms with Gasteiger partial charge < -0.3 is 20.5 Å². The van der Waals surface area contributed by atoms with Gasteiger partial charge in [0.15, 0.2) is 0 Å². The van der Waals surface area contributed by atoms with E-state index in [1.54, 1.807) is 0 Å². The van der Waals surface area contributed by atoms with Gasteiger partial charge in [0.25, 0.3) is 0 Å². The van der Waals surface area contributed by atoms with Crippen LogP contribution in [0.3, 0.4) is 0 Å². The van der Waals surface area contributed by atoms with E-state index in [9.17, 15) is 0 Å². The molecular weight excluding hydrogens is 406 g/mol. The molecule has 3 atom stereocenters. The standard InChI is InChI=1S/C28H35N5/c1-20-15-32(16-21(2)30-20)17-23-8-7-11-25(14-23)33-18-27-26(12-13-29-27)28(19-33)31-22(3)24-9-5-4-6-10-24/h4-14,19-22,29-31H,15-18H2,1-3H3/t20?,21?,22-/m1/s1. The van der Waals surface area contributed by atoms with E-state index in [-0.39, 0.29) is 6.04 Å². The highest BCUT2D eigenvalue weighted by molar-refractivity contribution is 5.73. The molecule has 33 heavy (non-hydrogen) atoms. The van der Waals surface area contributed by atoms with Crippen LogP contribution in [0.2, 0.25) is 0 Å². The van der Waals surface area contributed by atoms with Crippen LogP contribution in [-0.4, -0.2) is 35.1 Å². The summed E-state index contributed by atoms with van der Waals surface area (Å²) in [7, 11) is 0. The van der Waals surface area contributed by atoms with Gasteiger partial charge in [0.2, 0.25) is 0 Å². The van der Waals surface area contributed by atoms with E-state index in [0.717, 1.165) is 31.9 Å². The molecule has 0 spiro atoms.